The van der Waals surface area contributed by atoms with Gasteiger partial charge in [-0.2, -0.15) is 0 Å². The van der Waals surface area contributed by atoms with Gasteiger partial charge in [0, 0.05) is 42.9 Å². The van der Waals surface area contributed by atoms with Crippen molar-refractivity contribution >= 4 is 5.97 Å². The number of nitrogens with zero attached hydrogens (tertiary/aromatic N) is 3. The van der Waals surface area contributed by atoms with Gasteiger partial charge in [0.25, 0.3) is 0 Å². The lowest BCUT2D eigenvalue weighted by Gasteiger charge is -2.32. The predicted octanol–water partition coefficient (Wildman–Crippen LogP) is 3.94. The van der Waals surface area contributed by atoms with Crippen molar-refractivity contribution in [2.24, 2.45) is 0 Å². The van der Waals surface area contributed by atoms with Gasteiger partial charge in [-0.25, -0.2) is 9.97 Å². The van der Waals surface area contributed by atoms with E-state index in [2.05, 4.69) is 9.88 Å². The Balaban J connectivity index is 1.41. The maximum atomic E-state index is 11.0. The highest BCUT2D eigenvalue weighted by atomic mass is 16.5. The molecule has 1 aliphatic heterocycles. The molecule has 0 amide bonds. The Hall–Kier alpha value is -3.25. The smallest absolute Gasteiger partial charge is 0.304 e. The second-order valence-electron chi connectivity index (χ2n) is 7.63. The summed E-state index contributed by atoms with van der Waals surface area (Å²) in [6.07, 6.45) is 2.82. The summed E-state index contributed by atoms with van der Waals surface area (Å²) >= 11 is 0. The zero-order valence-electron chi connectivity index (χ0n) is 17.0. The molecule has 1 atom stereocenters. The zero-order valence-corrected chi connectivity index (χ0v) is 17.0. The number of hydrogen-bond acceptors (Lipinski definition) is 5. The molecule has 0 bridgehead atoms. The third-order valence-corrected chi connectivity index (χ3v) is 5.42. The van der Waals surface area contributed by atoms with E-state index in [1.807, 2.05) is 67.7 Å². The van der Waals surface area contributed by atoms with E-state index in [4.69, 9.17) is 14.8 Å². The first-order valence-electron chi connectivity index (χ1n) is 10.2. The maximum Gasteiger partial charge on any atom is 0.304 e. The summed E-state index contributed by atoms with van der Waals surface area (Å²) in [6.45, 7) is 3.99. The van der Waals surface area contributed by atoms with Crippen LogP contribution in [0.1, 0.15) is 30.2 Å². The first kappa shape index (κ1) is 20.0. The van der Waals surface area contributed by atoms with Crippen molar-refractivity contribution in [1.82, 2.24) is 14.9 Å². The van der Waals surface area contributed by atoms with E-state index in [0.717, 1.165) is 41.1 Å². The van der Waals surface area contributed by atoms with Crippen LogP contribution in [0, 0.1) is 0 Å². The van der Waals surface area contributed by atoms with Crippen LogP contribution in [0.25, 0.3) is 11.4 Å². The standard InChI is InChI=1S/C24H25N3O3/c1-17(13-23(28)29)27-12-11-22-20(15-27)14-25-24(26-22)19-7-9-21(10-8-19)30-16-18-5-3-2-4-6-18/h2-10,14,17H,11-13,15-16H2,1H3,(H,28,29). The van der Waals surface area contributed by atoms with E-state index >= 15 is 0 Å². The van der Waals surface area contributed by atoms with Crippen molar-refractivity contribution in [3.05, 3.63) is 77.6 Å². The molecule has 0 spiro atoms. The number of benzene rings is 2. The highest BCUT2D eigenvalue weighted by Gasteiger charge is 2.23. The number of fused-ring (bicyclic) bond motifs is 1. The number of rotatable bonds is 7. The van der Waals surface area contributed by atoms with Gasteiger partial charge < -0.3 is 9.84 Å². The molecule has 0 fully saturated rings. The van der Waals surface area contributed by atoms with Crippen molar-refractivity contribution in [3.8, 4) is 17.1 Å². The molecule has 0 radical (unpaired) electrons. The molecule has 2 aromatic carbocycles. The molecule has 2 heterocycles. The van der Waals surface area contributed by atoms with E-state index in [-0.39, 0.29) is 12.5 Å². The van der Waals surface area contributed by atoms with Crippen molar-refractivity contribution in [1.29, 1.82) is 0 Å². The molecule has 154 valence electrons. The minimum atomic E-state index is -0.768. The van der Waals surface area contributed by atoms with Crippen LogP contribution in [-0.4, -0.2) is 38.5 Å². The molecule has 0 aliphatic carbocycles. The van der Waals surface area contributed by atoms with Gasteiger partial charge in [0.1, 0.15) is 12.4 Å². The van der Waals surface area contributed by atoms with Crippen molar-refractivity contribution in [2.75, 3.05) is 6.54 Å². The van der Waals surface area contributed by atoms with Crippen LogP contribution in [-0.2, 0) is 24.4 Å². The monoisotopic (exact) mass is 403 g/mol. The quantitative estimate of drug-likeness (QED) is 0.644. The number of aromatic nitrogens is 2. The minimum Gasteiger partial charge on any atom is -0.489 e. The van der Waals surface area contributed by atoms with E-state index in [1.54, 1.807) is 0 Å². The van der Waals surface area contributed by atoms with E-state index in [9.17, 15) is 4.79 Å². The Labute approximate surface area is 176 Å². The van der Waals surface area contributed by atoms with Crippen molar-refractivity contribution in [3.63, 3.8) is 0 Å². The van der Waals surface area contributed by atoms with Crippen LogP contribution in [0.4, 0.5) is 0 Å². The van der Waals surface area contributed by atoms with Gasteiger partial charge in [0.2, 0.25) is 0 Å². The Kier molecular flexibility index (Phi) is 6.05. The first-order valence-corrected chi connectivity index (χ1v) is 10.2. The zero-order chi connectivity index (χ0) is 20.9. The van der Waals surface area contributed by atoms with Crippen LogP contribution in [0.5, 0.6) is 5.75 Å². The number of hydrogen-bond donors (Lipinski definition) is 1. The predicted molar refractivity (Wildman–Crippen MR) is 114 cm³/mol. The molecule has 1 unspecified atom stereocenters. The summed E-state index contributed by atoms with van der Waals surface area (Å²) in [7, 11) is 0. The molecule has 3 aromatic rings. The van der Waals surface area contributed by atoms with Crippen LogP contribution < -0.4 is 4.74 Å². The Bertz CT molecular complexity index is 1010. The number of ether oxygens (including phenoxy) is 1. The molecule has 6 nitrogen and oxygen atoms in total. The van der Waals surface area contributed by atoms with Crippen molar-refractivity contribution < 1.29 is 14.6 Å². The molecule has 1 aliphatic rings. The number of aliphatic carboxylic acids is 1. The molecule has 1 N–H and O–H groups in total. The molecule has 4 rings (SSSR count). The molecule has 30 heavy (non-hydrogen) atoms. The van der Waals surface area contributed by atoms with Crippen LogP contribution in [0.15, 0.2) is 60.8 Å². The Morgan fingerprint density at radius 2 is 1.93 bits per heavy atom. The molecule has 0 saturated carbocycles. The average molecular weight is 403 g/mol. The largest absolute Gasteiger partial charge is 0.489 e. The Morgan fingerprint density at radius 1 is 1.17 bits per heavy atom. The normalized spacial score (nSPS) is 14.7. The van der Waals surface area contributed by atoms with Gasteiger partial charge in [-0.1, -0.05) is 30.3 Å². The molecule has 0 saturated heterocycles. The van der Waals surface area contributed by atoms with Gasteiger partial charge in [-0.05, 0) is 36.8 Å². The molecule has 6 heteroatoms. The summed E-state index contributed by atoms with van der Waals surface area (Å²) in [5.41, 5.74) is 4.20. The lowest BCUT2D eigenvalue weighted by atomic mass is 10.0. The highest BCUT2D eigenvalue weighted by Crippen LogP contribution is 2.24. The van der Waals surface area contributed by atoms with Crippen molar-refractivity contribution in [2.45, 2.75) is 39.0 Å². The lowest BCUT2D eigenvalue weighted by Crippen LogP contribution is -2.39. The molecular weight excluding hydrogens is 378 g/mol. The van der Waals surface area contributed by atoms with E-state index < -0.39 is 5.97 Å². The first-order chi connectivity index (χ1) is 14.6. The van der Waals surface area contributed by atoms with Crippen LogP contribution in [0.3, 0.4) is 0 Å². The summed E-state index contributed by atoms with van der Waals surface area (Å²) in [5, 5.41) is 9.02. The number of carbonyl (C=O) groups is 1. The summed E-state index contributed by atoms with van der Waals surface area (Å²) in [4.78, 5) is 22.5. The lowest BCUT2D eigenvalue weighted by molar-refractivity contribution is -0.138. The Morgan fingerprint density at radius 3 is 2.67 bits per heavy atom. The van der Waals surface area contributed by atoms with Crippen LogP contribution >= 0.6 is 0 Å². The topological polar surface area (TPSA) is 75.5 Å². The average Bonchev–Trinajstić information content (AvgIpc) is 2.77. The summed E-state index contributed by atoms with van der Waals surface area (Å²) in [5.74, 6) is 0.745. The van der Waals surface area contributed by atoms with Gasteiger partial charge in [-0.3, -0.25) is 9.69 Å². The fourth-order valence-electron chi connectivity index (χ4n) is 3.68. The van der Waals surface area contributed by atoms with Gasteiger partial charge in [-0.15, -0.1) is 0 Å². The number of carboxylic acid groups (broad SMARTS) is 1. The molecular formula is C24H25N3O3. The van der Waals surface area contributed by atoms with E-state index in [1.165, 1.54) is 0 Å². The minimum absolute atomic E-state index is 0.00115. The van der Waals surface area contributed by atoms with Crippen LogP contribution in [0.2, 0.25) is 0 Å². The summed E-state index contributed by atoms with van der Waals surface area (Å²) in [6, 6.07) is 17.9. The fraction of sp³-hybridized carbons (Fsp3) is 0.292. The highest BCUT2D eigenvalue weighted by molar-refractivity contribution is 5.67. The number of carboxylic acids is 1. The van der Waals surface area contributed by atoms with Gasteiger partial charge >= 0.3 is 5.97 Å². The van der Waals surface area contributed by atoms with Gasteiger partial charge in [0.05, 0.1) is 12.1 Å². The maximum absolute atomic E-state index is 11.0. The van der Waals surface area contributed by atoms with Gasteiger partial charge in [0.15, 0.2) is 5.82 Å². The second kappa shape index (κ2) is 9.05. The molecule has 1 aromatic heterocycles. The summed E-state index contributed by atoms with van der Waals surface area (Å²) < 4.78 is 5.85. The third-order valence-electron chi connectivity index (χ3n) is 5.42. The second-order valence-corrected chi connectivity index (χ2v) is 7.63. The third kappa shape index (κ3) is 4.83. The SMILES string of the molecule is CC(CC(=O)O)N1CCc2nc(-c3ccc(OCc4ccccc4)cc3)ncc2C1. The fourth-order valence-corrected chi connectivity index (χ4v) is 3.68. The van der Waals surface area contributed by atoms with E-state index in [0.29, 0.717) is 19.0 Å².